The van der Waals surface area contributed by atoms with Gasteiger partial charge in [0, 0.05) is 24.1 Å². The molecule has 0 unspecified atom stereocenters. The number of anilines is 1. The van der Waals surface area contributed by atoms with E-state index in [1.165, 1.54) is 6.07 Å². The van der Waals surface area contributed by atoms with Crippen molar-refractivity contribution in [2.75, 3.05) is 18.1 Å². The summed E-state index contributed by atoms with van der Waals surface area (Å²) in [6, 6.07) is 1.28. The summed E-state index contributed by atoms with van der Waals surface area (Å²) in [6.07, 6.45) is 3.53. The molecule has 172 valence electrons. The number of pyridine rings is 1. The summed E-state index contributed by atoms with van der Waals surface area (Å²) in [5.41, 5.74) is 0.950. The van der Waals surface area contributed by atoms with E-state index in [-0.39, 0.29) is 25.1 Å². The lowest BCUT2D eigenvalue weighted by Gasteiger charge is -2.48. The van der Waals surface area contributed by atoms with Gasteiger partial charge in [0.2, 0.25) is 5.88 Å². The Hall–Kier alpha value is -3.50. The van der Waals surface area contributed by atoms with Crippen LogP contribution in [0.3, 0.4) is 0 Å². The molecule has 11 heteroatoms. The van der Waals surface area contributed by atoms with Crippen molar-refractivity contribution in [3.8, 4) is 11.6 Å². The first kappa shape index (κ1) is 20.1. The molecule has 2 bridgehead atoms. The van der Waals surface area contributed by atoms with Crippen LogP contribution in [0, 0.1) is 5.82 Å². The molecule has 33 heavy (non-hydrogen) atoms. The first-order valence-corrected chi connectivity index (χ1v) is 10.6. The standard InChI is InChI=1S/C22H21F3N6O2/c1-12-8-32-17-7-31-18-16(5-27-31)13(2)29-21(9-22(24,25)10-21)11-33-20-14(3-15(23)4-26-20)6-30(12)19(17)28-18/h3-5,7,12,29H,2,6,8-11H2,1H3/t12-/m1/s1. The van der Waals surface area contributed by atoms with Crippen LogP contribution in [-0.4, -0.2) is 50.3 Å². The second kappa shape index (κ2) is 6.75. The number of hydrogen-bond acceptors (Lipinski definition) is 7. The smallest absolute Gasteiger partial charge is 0.252 e. The summed E-state index contributed by atoms with van der Waals surface area (Å²) in [5, 5.41) is 7.49. The Bertz CT molecular complexity index is 1280. The average molecular weight is 458 g/mol. The van der Waals surface area contributed by atoms with E-state index in [2.05, 4.69) is 22.0 Å². The molecule has 3 aromatic rings. The fourth-order valence-corrected chi connectivity index (χ4v) is 4.80. The number of alkyl halides is 2. The van der Waals surface area contributed by atoms with Gasteiger partial charge in [0.25, 0.3) is 5.92 Å². The summed E-state index contributed by atoms with van der Waals surface area (Å²) >= 11 is 0. The van der Waals surface area contributed by atoms with Crippen molar-refractivity contribution in [1.29, 1.82) is 0 Å². The normalized spacial score (nSPS) is 22.8. The zero-order valence-electron chi connectivity index (χ0n) is 17.8. The SMILES string of the molecule is C=C1NC2(COc3ncc(F)cc3CN3c4nc5c1cnn5cc4OC[C@H]3C)CC(F)(F)C2. The van der Waals surface area contributed by atoms with Crippen molar-refractivity contribution in [2.24, 2.45) is 0 Å². The molecule has 1 aliphatic carbocycles. The van der Waals surface area contributed by atoms with Gasteiger partial charge in [0.1, 0.15) is 19.0 Å². The Morgan fingerprint density at radius 3 is 2.85 bits per heavy atom. The van der Waals surface area contributed by atoms with Crippen LogP contribution in [0.25, 0.3) is 11.3 Å². The second-order valence-electron chi connectivity index (χ2n) is 9.04. The van der Waals surface area contributed by atoms with Crippen LogP contribution in [0.1, 0.15) is 30.9 Å². The molecule has 1 N–H and O–H groups in total. The van der Waals surface area contributed by atoms with Crippen molar-refractivity contribution < 1.29 is 22.6 Å². The zero-order valence-corrected chi connectivity index (χ0v) is 17.8. The van der Waals surface area contributed by atoms with Gasteiger partial charge in [-0.05, 0) is 13.0 Å². The summed E-state index contributed by atoms with van der Waals surface area (Å²) in [5.74, 6) is -2.03. The van der Waals surface area contributed by atoms with Crippen LogP contribution in [0.4, 0.5) is 19.0 Å². The van der Waals surface area contributed by atoms with Gasteiger partial charge < -0.3 is 19.7 Å². The molecule has 3 aliphatic rings. The van der Waals surface area contributed by atoms with Crippen LogP contribution < -0.4 is 19.7 Å². The Morgan fingerprint density at radius 1 is 1.24 bits per heavy atom. The minimum absolute atomic E-state index is 0.0712. The van der Waals surface area contributed by atoms with Crippen LogP contribution in [-0.2, 0) is 6.54 Å². The number of nitrogens with one attached hydrogen (secondary N) is 1. The molecule has 0 radical (unpaired) electrons. The highest BCUT2D eigenvalue weighted by Crippen LogP contribution is 2.47. The number of rotatable bonds is 0. The van der Waals surface area contributed by atoms with Gasteiger partial charge in [-0.3, -0.25) is 0 Å². The Kier molecular flexibility index (Phi) is 4.12. The third-order valence-electron chi connectivity index (χ3n) is 6.38. The summed E-state index contributed by atoms with van der Waals surface area (Å²) in [4.78, 5) is 10.9. The lowest BCUT2D eigenvalue weighted by atomic mass is 9.73. The third kappa shape index (κ3) is 3.25. The highest BCUT2D eigenvalue weighted by atomic mass is 19.3. The fourth-order valence-electron chi connectivity index (χ4n) is 4.80. The maximum atomic E-state index is 14.1. The van der Waals surface area contributed by atoms with E-state index in [9.17, 15) is 13.2 Å². The maximum Gasteiger partial charge on any atom is 0.252 e. The number of halogens is 3. The highest BCUT2D eigenvalue weighted by molar-refractivity contribution is 5.75. The van der Waals surface area contributed by atoms with Crippen LogP contribution in [0.2, 0.25) is 0 Å². The Balaban J connectivity index is 1.52. The number of hydrogen-bond donors (Lipinski definition) is 1. The number of nitrogens with zero attached hydrogens (tertiary/aromatic N) is 5. The van der Waals surface area contributed by atoms with Gasteiger partial charge in [0.15, 0.2) is 17.2 Å². The van der Waals surface area contributed by atoms with Gasteiger partial charge in [-0.2, -0.15) is 5.10 Å². The third-order valence-corrected chi connectivity index (χ3v) is 6.38. The van der Waals surface area contributed by atoms with Gasteiger partial charge >= 0.3 is 0 Å². The van der Waals surface area contributed by atoms with Crippen molar-refractivity contribution in [3.05, 3.63) is 48.2 Å². The van der Waals surface area contributed by atoms with Crippen molar-refractivity contribution >= 4 is 17.2 Å². The molecule has 1 spiro atoms. The second-order valence-corrected chi connectivity index (χ2v) is 9.04. The zero-order chi connectivity index (χ0) is 23.0. The molecule has 8 nitrogen and oxygen atoms in total. The molecule has 2 aliphatic heterocycles. The van der Waals surface area contributed by atoms with Gasteiger partial charge in [-0.25, -0.2) is 27.7 Å². The first-order valence-electron chi connectivity index (χ1n) is 10.6. The largest absolute Gasteiger partial charge is 0.486 e. The molecule has 0 saturated heterocycles. The molecule has 1 fully saturated rings. The van der Waals surface area contributed by atoms with E-state index in [1.807, 2.05) is 11.8 Å². The van der Waals surface area contributed by atoms with Crippen molar-refractivity contribution in [3.63, 3.8) is 0 Å². The molecule has 1 atom stereocenters. The molecule has 0 amide bonds. The molecular weight excluding hydrogens is 437 g/mol. The molecule has 1 saturated carbocycles. The lowest BCUT2D eigenvalue weighted by molar-refractivity contribution is -0.139. The predicted octanol–water partition coefficient (Wildman–Crippen LogP) is 3.17. The summed E-state index contributed by atoms with van der Waals surface area (Å²) < 4.78 is 55.4. The minimum Gasteiger partial charge on any atom is -0.486 e. The molecule has 3 aromatic heterocycles. The van der Waals surface area contributed by atoms with Gasteiger partial charge in [-0.15, -0.1) is 0 Å². The number of ether oxygens (including phenoxy) is 2. The molecule has 0 aromatic carbocycles. The quantitative estimate of drug-likeness (QED) is 0.555. The van der Waals surface area contributed by atoms with Crippen LogP contribution >= 0.6 is 0 Å². The van der Waals surface area contributed by atoms with E-state index in [1.54, 1.807) is 16.9 Å². The van der Waals surface area contributed by atoms with E-state index in [4.69, 9.17) is 14.5 Å². The lowest BCUT2D eigenvalue weighted by Crippen LogP contribution is -2.63. The highest BCUT2D eigenvalue weighted by Gasteiger charge is 2.57. The Labute approximate surface area is 187 Å². The van der Waals surface area contributed by atoms with E-state index in [0.717, 1.165) is 6.20 Å². The van der Waals surface area contributed by atoms with Gasteiger partial charge in [-0.1, -0.05) is 6.58 Å². The molecule has 6 rings (SSSR count). The van der Waals surface area contributed by atoms with Crippen molar-refractivity contribution in [2.45, 2.75) is 43.8 Å². The Morgan fingerprint density at radius 2 is 2.06 bits per heavy atom. The fraction of sp³-hybridized carbons (Fsp3) is 0.409. The summed E-state index contributed by atoms with van der Waals surface area (Å²) in [7, 11) is 0. The maximum absolute atomic E-state index is 14.1. The van der Waals surface area contributed by atoms with E-state index < -0.39 is 30.1 Å². The number of aromatic nitrogens is 4. The molecule has 5 heterocycles. The number of fused-ring (bicyclic) bond motifs is 1. The molecular formula is C22H21F3N6O2. The van der Waals surface area contributed by atoms with Crippen molar-refractivity contribution in [1.82, 2.24) is 24.9 Å². The van der Waals surface area contributed by atoms with Crippen LogP contribution in [0.15, 0.2) is 31.2 Å². The monoisotopic (exact) mass is 458 g/mol. The topological polar surface area (TPSA) is 76.8 Å². The van der Waals surface area contributed by atoms with E-state index >= 15 is 0 Å². The average Bonchev–Trinajstić information content (AvgIpc) is 3.15. The first-order chi connectivity index (χ1) is 15.7. The van der Waals surface area contributed by atoms with Crippen LogP contribution in [0.5, 0.6) is 11.6 Å². The predicted molar refractivity (Wildman–Crippen MR) is 113 cm³/mol. The van der Waals surface area contributed by atoms with Gasteiger partial charge in [0.05, 0.1) is 42.3 Å². The minimum atomic E-state index is -2.81. The summed E-state index contributed by atoms with van der Waals surface area (Å²) in [6.45, 7) is 6.63. The van der Waals surface area contributed by atoms with E-state index in [0.29, 0.717) is 40.6 Å².